The van der Waals surface area contributed by atoms with Gasteiger partial charge in [-0.1, -0.05) is 0 Å². The Kier molecular flexibility index (Phi) is 5.88. The molecule has 0 spiro atoms. The van der Waals surface area contributed by atoms with E-state index in [0.29, 0.717) is 0 Å². The van der Waals surface area contributed by atoms with Crippen LogP contribution in [0.4, 0.5) is 0 Å². The summed E-state index contributed by atoms with van der Waals surface area (Å²) >= 11 is 0.844. The first-order valence-corrected chi connectivity index (χ1v) is 7.72. The maximum absolute atomic E-state index is 11.9. The highest BCUT2D eigenvalue weighted by molar-refractivity contribution is 7.89. The van der Waals surface area contributed by atoms with Crippen molar-refractivity contribution in [2.45, 2.75) is 17.4 Å². The summed E-state index contributed by atoms with van der Waals surface area (Å²) in [5.74, 6) is -1.28. The van der Waals surface area contributed by atoms with Crippen LogP contribution in [-0.4, -0.2) is 51.0 Å². The fourth-order valence-corrected chi connectivity index (χ4v) is 3.68. The Labute approximate surface area is 114 Å². The van der Waals surface area contributed by atoms with Gasteiger partial charge in [0.05, 0.1) is 12.7 Å². The summed E-state index contributed by atoms with van der Waals surface area (Å²) in [5.41, 5.74) is 0. The summed E-state index contributed by atoms with van der Waals surface area (Å²) in [6, 6.07) is 1.24. The van der Waals surface area contributed by atoms with Crippen molar-refractivity contribution in [2.75, 3.05) is 20.3 Å². The summed E-state index contributed by atoms with van der Waals surface area (Å²) in [6.07, 6.45) is -0.589. The molecule has 0 aromatic carbocycles. The number of sulfonamides is 1. The van der Waals surface area contributed by atoms with Crippen LogP contribution < -0.4 is 4.72 Å². The largest absolute Gasteiger partial charge is 0.477 e. The molecule has 7 nitrogen and oxygen atoms in total. The van der Waals surface area contributed by atoms with Gasteiger partial charge in [-0.05, 0) is 17.9 Å². The number of aliphatic hydroxyl groups excluding tert-OH is 1. The Morgan fingerprint density at radius 2 is 2.26 bits per heavy atom. The second-order valence-electron chi connectivity index (χ2n) is 3.71. The van der Waals surface area contributed by atoms with Crippen LogP contribution in [0.5, 0.6) is 0 Å². The van der Waals surface area contributed by atoms with Gasteiger partial charge in [-0.2, -0.15) is 0 Å². The Hall–Kier alpha value is -1.00. The third kappa shape index (κ3) is 4.55. The summed E-state index contributed by atoms with van der Waals surface area (Å²) in [6.45, 7) is 0.113. The molecule has 0 saturated heterocycles. The van der Waals surface area contributed by atoms with Crippen LogP contribution in [0.2, 0.25) is 0 Å². The molecule has 1 rings (SSSR count). The van der Waals surface area contributed by atoms with Gasteiger partial charge in [-0.15, -0.1) is 11.3 Å². The number of methoxy groups -OCH3 is 1. The van der Waals surface area contributed by atoms with Crippen molar-refractivity contribution in [2.24, 2.45) is 0 Å². The molecule has 1 heterocycles. The molecule has 0 radical (unpaired) electrons. The van der Waals surface area contributed by atoms with Gasteiger partial charge in [-0.3, -0.25) is 0 Å². The molecule has 0 aliphatic heterocycles. The van der Waals surface area contributed by atoms with Crippen LogP contribution in [0, 0.1) is 0 Å². The lowest BCUT2D eigenvalue weighted by Gasteiger charge is -2.10. The minimum Gasteiger partial charge on any atom is -0.477 e. The molecule has 0 aliphatic rings. The fourth-order valence-electron chi connectivity index (χ4n) is 1.38. The molecule has 1 aromatic heterocycles. The first kappa shape index (κ1) is 16.1. The molecule has 1 aromatic rings. The normalized spacial score (nSPS) is 13.4. The number of carbonyl (C=O) groups is 1. The molecule has 9 heteroatoms. The summed E-state index contributed by atoms with van der Waals surface area (Å²) in [4.78, 5) is 10.4. The van der Waals surface area contributed by atoms with Crippen molar-refractivity contribution in [3.63, 3.8) is 0 Å². The molecule has 0 aliphatic carbocycles. The number of hydrogen-bond donors (Lipinski definition) is 3. The van der Waals surface area contributed by atoms with Crippen LogP contribution in [0.1, 0.15) is 16.1 Å². The third-order valence-electron chi connectivity index (χ3n) is 2.24. The second kappa shape index (κ2) is 6.96. The molecular formula is C10H15NO6S2. The van der Waals surface area contributed by atoms with Crippen molar-refractivity contribution in [1.29, 1.82) is 0 Å². The lowest BCUT2D eigenvalue weighted by atomic mass is 10.3. The zero-order valence-electron chi connectivity index (χ0n) is 10.2. The zero-order chi connectivity index (χ0) is 14.5. The first-order valence-electron chi connectivity index (χ1n) is 5.36. The Bertz CT molecular complexity index is 524. The highest BCUT2D eigenvalue weighted by Gasteiger charge is 2.23. The molecule has 1 atom stereocenters. The van der Waals surface area contributed by atoms with E-state index in [-0.39, 0.29) is 29.3 Å². The van der Waals surface area contributed by atoms with Crippen LogP contribution >= 0.6 is 11.3 Å². The number of aliphatic hydroxyl groups is 1. The Morgan fingerprint density at radius 3 is 2.84 bits per heavy atom. The van der Waals surface area contributed by atoms with E-state index in [1.165, 1.54) is 18.6 Å². The van der Waals surface area contributed by atoms with E-state index >= 15 is 0 Å². The van der Waals surface area contributed by atoms with Gasteiger partial charge in [0, 0.05) is 13.7 Å². The monoisotopic (exact) mass is 309 g/mol. The number of thiophene rings is 1. The Morgan fingerprint density at radius 1 is 1.58 bits per heavy atom. The number of carboxylic acid groups (broad SMARTS) is 1. The molecule has 0 amide bonds. The van der Waals surface area contributed by atoms with Gasteiger partial charge >= 0.3 is 5.97 Å². The van der Waals surface area contributed by atoms with Gasteiger partial charge in [0.1, 0.15) is 9.77 Å². The number of nitrogens with one attached hydrogen (secondary N) is 1. The Balaban J connectivity index is 2.66. The van der Waals surface area contributed by atoms with Crippen molar-refractivity contribution in [3.8, 4) is 0 Å². The van der Waals surface area contributed by atoms with Gasteiger partial charge in [0.25, 0.3) is 0 Å². The molecular weight excluding hydrogens is 294 g/mol. The van der Waals surface area contributed by atoms with Crippen molar-refractivity contribution in [1.82, 2.24) is 4.72 Å². The smallest absolute Gasteiger partial charge is 0.347 e. The van der Waals surface area contributed by atoms with Gasteiger partial charge in [0.2, 0.25) is 10.0 Å². The number of aromatic carboxylic acids is 1. The van der Waals surface area contributed by atoms with Gasteiger partial charge in [0.15, 0.2) is 0 Å². The molecule has 0 saturated carbocycles. The lowest BCUT2D eigenvalue weighted by molar-refractivity contribution is 0.0603. The zero-order valence-corrected chi connectivity index (χ0v) is 11.8. The van der Waals surface area contributed by atoms with Gasteiger partial charge < -0.3 is 14.9 Å². The van der Waals surface area contributed by atoms with E-state index in [1.807, 2.05) is 0 Å². The summed E-state index contributed by atoms with van der Waals surface area (Å²) in [7, 11) is -2.45. The van der Waals surface area contributed by atoms with Crippen molar-refractivity contribution in [3.05, 3.63) is 16.3 Å². The minimum absolute atomic E-state index is 0.00175. The average Bonchev–Trinajstić information content (AvgIpc) is 2.78. The van der Waals surface area contributed by atoms with E-state index in [2.05, 4.69) is 4.72 Å². The van der Waals surface area contributed by atoms with Crippen molar-refractivity contribution < 1.29 is 28.2 Å². The molecule has 0 fully saturated rings. The molecule has 108 valence electrons. The van der Waals surface area contributed by atoms with E-state index in [0.717, 1.165) is 11.3 Å². The lowest BCUT2D eigenvalue weighted by Crippen LogP contribution is -2.29. The maximum Gasteiger partial charge on any atom is 0.347 e. The number of carboxylic acids is 1. The van der Waals surface area contributed by atoms with Crippen LogP contribution in [0.15, 0.2) is 16.3 Å². The first-order chi connectivity index (χ1) is 8.88. The SMILES string of the molecule is COCC(O)CCNS(=O)(=O)c1ccsc1C(=O)O. The highest BCUT2D eigenvalue weighted by Crippen LogP contribution is 2.21. The minimum atomic E-state index is -3.88. The second-order valence-corrected chi connectivity index (χ2v) is 6.37. The van der Waals surface area contributed by atoms with E-state index in [4.69, 9.17) is 9.84 Å². The number of ether oxygens (including phenoxy) is 1. The third-order valence-corrected chi connectivity index (χ3v) is 4.78. The highest BCUT2D eigenvalue weighted by atomic mass is 32.2. The predicted molar refractivity (Wildman–Crippen MR) is 69.0 cm³/mol. The van der Waals surface area contributed by atoms with E-state index in [9.17, 15) is 18.3 Å². The average molecular weight is 309 g/mol. The van der Waals surface area contributed by atoms with Crippen LogP contribution in [0.3, 0.4) is 0 Å². The maximum atomic E-state index is 11.9. The van der Waals surface area contributed by atoms with Crippen LogP contribution in [0.25, 0.3) is 0 Å². The van der Waals surface area contributed by atoms with Crippen LogP contribution in [-0.2, 0) is 14.8 Å². The van der Waals surface area contributed by atoms with E-state index in [1.54, 1.807) is 0 Å². The molecule has 1 unspecified atom stereocenters. The number of rotatable bonds is 8. The molecule has 0 bridgehead atoms. The summed E-state index contributed by atoms with van der Waals surface area (Å²) in [5, 5.41) is 19.6. The topological polar surface area (TPSA) is 113 Å². The van der Waals surface area contributed by atoms with Gasteiger partial charge in [-0.25, -0.2) is 17.9 Å². The molecule has 3 N–H and O–H groups in total. The number of hydrogen-bond acceptors (Lipinski definition) is 6. The molecule has 19 heavy (non-hydrogen) atoms. The van der Waals surface area contributed by atoms with E-state index < -0.39 is 22.1 Å². The fraction of sp³-hybridized carbons (Fsp3) is 0.500. The standard InChI is InChI=1S/C10H15NO6S2/c1-17-6-7(12)2-4-11-19(15,16)8-3-5-18-9(8)10(13)14/h3,5,7,11-12H,2,4,6H2,1H3,(H,13,14). The predicted octanol–water partition coefficient (Wildman–Crippen LogP) is 0.122. The quantitative estimate of drug-likeness (QED) is 0.629. The van der Waals surface area contributed by atoms with Crippen molar-refractivity contribution >= 4 is 27.3 Å². The summed E-state index contributed by atoms with van der Waals surface area (Å²) < 4.78 is 30.7.